The SMILES string of the molecule is CC1(C)CCC(C)(C)c2cc3c(cc21)oc1c(N2B4c5c(cc6c(oc7ccccc76)c5-n5c6c4cccc6c4ccc6ccccc6c45)-c4c2ccc2c4oc4cc5c(cc42)C(C)(C)CCC5(C)C)cccc13. The Labute approximate surface area is 429 Å². The van der Waals surface area contributed by atoms with Crippen molar-refractivity contribution in [2.45, 2.75) is 103 Å². The second-order valence-corrected chi connectivity index (χ2v) is 25.2. The number of hydrogen-bond acceptors (Lipinski definition) is 4. The maximum atomic E-state index is 7.52. The molecule has 0 bridgehead atoms. The van der Waals surface area contributed by atoms with Crippen molar-refractivity contribution in [1.29, 1.82) is 0 Å². The van der Waals surface area contributed by atoms with Gasteiger partial charge in [-0.15, -0.1) is 0 Å². The molecule has 13 aromatic rings. The highest BCUT2D eigenvalue weighted by Gasteiger charge is 2.48. The van der Waals surface area contributed by atoms with Gasteiger partial charge in [-0.3, -0.25) is 0 Å². The van der Waals surface area contributed by atoms with Crippen LogP contribution in [0.1, 0.15) is 103 Å². The van der Waals surface area contributed by atoms with Crippen LogP contribution in [0.4, 0.5) is 11.4 Å². The van der Waals surface area contributed by atoms with Gasteiger partial charge in [0.05, 0.1) is 22.4 Å². The fourth-order valence-electron chi connectivity index (χ4n) is 15.1. The highest BCUT2D eigenvalue weighted by molar-refractivity contribution is 6.94. The third-order valence-electron chi connectivity index (χ3n) is 19.3. The van der Waals surface area contributed by atoms with Gasteiger partial charge in [-0.25, -0.2) is 0 Å². The van der Waals surface area contributed by atoms with Gasteiger partial charge in [0, 0.05) is 59.7 Å². The molecule has 74 heavy (non-hydrogen) atoms. The number of hydrogen-bond donors (Lipinski definition) is 0. The van der Waals surface area contributed by atoms with Crippen molar-refractivity contribution in [1.82, 2.24) is 4.57 Å². The Morgan fingerprint density at radius 2 is 0.959 bits per heavy atom. The standard InChI is InChI=1S/C68H55BN2O3/c1-65(2)27-29-67(5,6)49-34-55-43(32-47(49)65)41-19-14-21-53(62(41)73-55)71-52-26-25-42-44-33-48-50(68(7,8)30-28-66(48,3)4)35-56(44)74-63(42)57(52)46-31-45-38-17-11-12-22-54(38)72-64(45)61-58(46)69(71)51-20-13-18-39-40-24-23-36-15-9-10-16-37(36)59(40)70(61)60(39)51/h9-26,31-35H,27-30H2,1-8H3. The van der Waals surface area contributed by atoms with E-state index >= 15 is 0 Å². The predicted octanol–water partition coefficient (Wildman–Crippen LogP) is 17.6. The number of benzene rings is 9. The van der Waals surface area contributed by atoms with E-state index in [2.05, 4.69) is 204 Å². The average Bonchev–Trinajstić information content (AvgIpc) is 4.33. The zero-order valence-electron chi connectivity index (χ0n) is 43.3. The number of para-hydroxylation sites is 3. The Morgan fingerprint density at radius 3 is 1.68 bits per heavy atom. The van der Waals surface area contributed by atoms with Crippen LogP contribution in [-0.2, 0) is 21.7 Å². The summed E-state index contributed by atoms with van der Waals surface area (Å²) in [5.74, 6) is 0. The quantitative estimate of drug-likeness (QED) is 0.154. The molecular formula is C68H55BN2O3. The summed E-state index contributed by atoms with van der Waals surface area (Å²) in [5.41, 5.74) is 21.7. The lowest BCUT2D eigenvalue weighted by atomic mass is 9.44. The number of nitrogens with zero attached hydrogens (tertiary/aromatic N) is 2. The van der Waals surface area contributed by atoms with E-state index in [4.69, 9.17) is 13.3 Å². The molecular weight excluding hydrogens is 904 g/mol. The number of anilines is 2. The van der Waals surface area contributed by atoms with Crippen LogP contribution in [0.3, 0.4) is 0 Å². The minimum atomic E-state index is -0.266. The van der Waals surface area contributed by atoms with Crippen LogP contribution in [0.2, 0.25) is 0 Å². The maximum Gasteiger partial charge on any atom is 0.333 e. The van der Waals surface area contributed by atoms with Crippen LogP contribution >= 0.6 is 0 Å². The van der Waals surface area contributed by atoms with Crippen LogP contribution < -0.4 is 15.7 Å². The third kappa shape index (κ3) is 5.03. The van der Waals surface area contributed by atoms with Gasteiger partial charge in [0.25, 0.3) is 0 Å². The Hall–Kier alpha value is -7.70. The summed E-state index contributed by atoms with van der Waals surface area (Å²) in [7, 11) is 0. The minimum Gasteiger partial charge on any atom is -0.455 e. The van der Waals surface area contributed by atoms with Crippen molar-refractivity contribution >= 4 is 128 Å². The summed E-state index contributed by atoms with van der Waals surface area (Å²) >= 11 is 0. The normalized spacial score (nSPS) is 17.9. The molecule has 358 valence electrons. The lowest BCUT2D eigenvalue weighted by Gasteiger charge is -2.42. The first kappa shape index (κ1) is 41.7. The lowest BCUT2D eigenvalue weighted by Crippen LogP contribution is -2.60. The molecule has 4 aliphatic rings. The molecule has 2 aliphatic carbocycles. The summed E-state index contributed by atoms with van der Waals surface area (Å²) in [6, 6.07) is 52.8. The predicted molar refractivity (Wildman–Crippen MR) is 310 cm³/mol. The molecule has 6 heteroatoms. The Balaban J connectivity index is 1.06. The first-order valence-electron chi connectivity index (χ1n) is 26.9. The summed E-state index contributed by atoms with van der Waals surface area (Å²) in [5, 5.41) is 11.7. The van der Waals surface area contributed by atoms with E-state index in [9.17, 15) is 0 Å². The molecule has 9 aromatic carbocycles. The fraction of sp³-hybridized carbons (Fsp3) is 0.235. The van der Waals surface area contributed by atoms with Crippen molar-refractivity contribution < 1.29 is 13.3 Å². The van der Waals surface area contributed by atoms with E-state index in [1.54, 1.807) is 0 Å². The third-order valence-corrected chi connectivity index (χ3v) is 19.3. The van der Waals surface area contributed by atoms with Crippen molar-refractivity contribution in [3.63, 3.8) is 0 Å². The zero-order valence-corrected chi connectivity index (χ0v) is 43.3. The van der Waals surface area contributed by atoms with Gasteiger partial charge in [-0.1, -0.05) is 140 Å². The molecule has 0 atom stereocenters. The lowest BCUT2D eigenvalue weighted by molar-refractivity contribution is 0.332. The molecule has 0 saturated heterocycles. The molecule has 4 aromatic heterocycles. The van der Waals surface area contributed by atoms with Crippen molar-refractivity contribution in [3.8, 4) is 16.8 Å². The molecule has 0 N–H and O–H groups in total. The van der Waals surface area contributed by atoms with Gasteiger partial charge in [0.2, 0.25) is 0 Å². The molecule has 0 unspecified atom stereocenters. The van der Waals surface area contributed by atoms with E-state index in [0.717, 1.165) is 103 Å². The van der Waals surface area contributed by atoms with Gasteiger partial charge in [0.1, 0.15) is 22.3 Å². The second-order valence-electron chi connectivity index (χ2n) is 25.2. The van der Waals surface area contributed by atoms with Gasteiger partial charge in [-0.2, -0.15) is 0 Å². The smallest absolute Gasteiger partial charge is 0.333 e. The average molecular weight is 959 g/mol. The molecule has 0 fully saturated rings. The molecule has 0 saturated carbocycles. The topological polar surface area (TPSA) is 47.6 Å². The minimum absolute atomic E-state index is 0.0341. The monoisotopic (exact) mass is 958 g/mol. The number of aromatic nitrogens is 1. The molecule has 6 heterocycles. The van der Waals surface area contributed by atoms with E-state index < -0.39 is 0 Å². The Morgan fingerprint density at radius 1 is 0.405 bits per heavy atom. The molecule has 0 radical (unpaired) electrons. The fourth-order valence-corrected chi connectivity index (χ4v) is 15.1. The van der Waals surface area contributed by atoms with Crippen molar-refractivity contribution in [3.05, 3.63) is 162 Å². The Kier molecular flexibility index (Phi) is 7.52. The molecule has 0 amide bonds. The van der Waals surface area contributed by atoms with Gasteiger partial charge < -0.3 is 22.6 Å². The van der Waals surface area contributed by atoms with E-state index in [-0.39, 0.29) is 28.5 Å². The molecule has 17 rings (SSSR count). The largest absolute Gasteiger partial charge is 0.455 e. The van der Waals surface area contributed by atoms with Gasteiger partial charge in [0.15, 0.2) is 11.2 Å². The first-order valence-corrected chi connectivity index (χ1v) is 26.9. The van der Waals surface area contributed by atoms with E-state index in [1.165, 1.54) is 82.1 Å². The van der Waals surface area contributed by atoms with Crippen molar-refractivity contribution in [2.24, 2.45) is 0 Å². The van der Waals surface area contributed by atoms with Crippen LogP contribution in [0.15, 0.2) is 153 Å². The van der Waals surface area contributed by atoms with Crippen LogP contribution in [0.5, 0.6) is 0 Å². The summed E-state index contributed by atoms with van der Waals surface area (Å²) in [4.78, 5) is 2.62. The van der Waals surface area contributed by atoms with Crippen LogP contribution in [0, 0.1) is 0 Å². The van der Waals surface area contributed by atoms with E-state index in [0.29, 0.717) is 0 Å². The summed E-state index contributed by atoms with van der Waals surface area (Å²) in [6.45, 7) is 19.0. The highest BCUT2D eigenvalue weighted by atomic mass is 16.3. The van der Waals surface area contributed by atoms with Gasteiger partial charge in [-0.05, 0) is 146 Å². The summed E-state index contributed by atoms with van der Waals surface area (Å²) < 4.78 is 24.8. The van der Waals surface area contributed by atoms with Crippen molar-refractivity contribution in [2.75, 3.05) is 4.81 Å². The highest BCUT2D eigenvalue weighted by Crippen LogP contribution is 2.55. The number of fused-ring (bicyclic) bond motifs is 22. The summed E-state index contributed by atoms with van der Waals surface area (Å²) in [6.07, 6.45) is 4.58. The number of rotatable bonds is 1. The second kappa shape index (κ2) is 13.3. The van der Waals surface area contributed by atoms with Crippen LogP contribution in [-0.4, -0.2) is 11.4 Å². The molecule has 0 spiro atoms. The first-order chi connectivity index (χ1) is 35.7. The maximum absolute atomic E-state index is 7.52. The van der Waals surface area contributed by atoms with E-state index in [1.807, 2.05) is 0 Å². The number of furan rings is 3. The molecule has 2 aliphatic heterocycles. The van der Waals surface area contributed by atoms with Crippen LogP contribution in [0.25, 0.3) is 115 Å². The Bertz CT molecular complexity index is 4760. The van der Waals surface area contributed by atoms with Gasteiger partial charge >= 0.3 is 6.85 Å². The molecule has 5 nitrogen and oxygen atoms in total. The zero-order chi connectivity index (χ0) is 49.7.